The minimum Gasteiger partial charge on any atom is -0.439 e. The maximum absolute atomic E-state index is 12.6. The van der Waals surface area contributed by atoms with Gasteiger partial charge in [0, 0.05) is 30.2 Å². The molecule has 1 aliphatic rings. The monoisotopic (exact) mass is 388 g/mol. The second-order valence-corrected chi connectivity index (χ2v) is 7.24. The van der Waals surface area contributed by atoms with Crippen molar-refractivity contribution in [2.75, 3.05) is 18.4 Å². The number of hydrogen-bond donors (Lipinski definition) is 2. The summed E-state index contributed by atoms with van der Waals surface area (Å²) in [5.74, 6) is 2.06. The van der Waals surface area contributed by atoms with Crippen molar-refractivity contribution in [2.45, 2.75) is 25.2 Å². The van der Waals surface area contributed by atoms with Crippen LogP contribution in [-0.4, -0.2) is 28.8 Å². The van der Waals surface area contributed by atoms with Crippen LogP contribution >= 0.6 is 0 Å². The maximum atomic E-state index is 12.6. The Labute approximate surface area is 170 Å². The first kappa shape index (κ1) is 19.1. The second kappa shape index (κ2) is 8.41. The smallest absolute Gasteiger partial charge is 0.223 e. The van der Waals surface area contributed by atoms with Crippen molar-refractivity contribution in [3.8, 4) is 11.6 Å². The van der Waals surface area contributed by atoms with Crippen LogP contribution in [0.3, 0.4) is 0 Å². The number of hydrogen-bond acceptors (Lipinski definition) is 6. The highest BCUT2D eigenvalue weighted by molar-refractivity contribution is 5.89. The van der Waals surface area contributed by atoms with Gasteiger partial charge < -0.3 is 15.4 Å². The third kappa shape index (κ3) is 4.12. The summed E-state index contributed by atoms with van der Waals surface area (Å²) >= 11 is 0. The number of pyridine rings is 2. The van der Waals surface area contributed by atoms with E-state index in [9.17, 15) is 4.79 Å². The predicted molar refractivity (Wildman–Crippen MR) is 113 cm³/mol. The first-order valence-electron chi connectivity index (χ1n) is 9.81. The summed E-state index contributed by atoms with van der Waals surface area (Å²) < 4.78 is 6.11. The number of ether oxygens (including phenoxy) is 1. The molecular formula is C23H24N4O2. The zero-order valence-electron chi connectivity index (χ0n) is 16.4. The van der Waals surface area contributed by atoms with E-state index in [1.165, 1.54) is 0 Å². The molecular weight excluding hydrogens is 364 g/mol. The van der Waals surface area contributed by atoms with Gasteiger partial charge in [0.25, 0.3) is 0 Å². The van der Waals surface area contributed by atoms with Crippen LogP contribution in [-0.2, 0) is 10.2 Å². The van der Waals surface area contributed by atoms with Gasteiger partial charge in [0.2, 0.25) is 5.88 Å². The number of Topliss-reactive ketones (excluding diaryl/α,β-unsaturated/α-hetero) is 1. The fourth-order valence-corrected chi connectivity index (χ4v) is 3.76. The first-order valence-corrected chi connectivity index (χ1v) is 9.81. The predicted octanol–water partition coefficient (Wildman–Crippen LogP) is 4.22. The van der Waals surface area contributed by atoms with E-state index in [0.717, 1.165) is 36.5 Å². The van der Waals surface area contributed by atoms with E-state index >= 15 is 0 Å². The molecule has 2 N–H and O–H groups in total. The largest absolute Gasteiger partial charge is 0.439 e. The molecule has 0 aliphatic carbocycles. The normalized spacial score (nSPS) is 18.8. The summed E-state index contributed by atoms with van der Waals surface area (Å²) in [5, 5.41) is 6.60. The van der Waals surface area contributed by atoms with Gasteiger partial charge in [-0.1, -0.05) is 12.1 Å². The van der Waals surface area contributed by atoms with Crippen LogP contribution in [0.1, 0.15) is 25.3 Å². The number of anilines is 2. The number of carbonyl (C=O) groups excluding carboxylic acids is 1. The van der Waals surface area contributed by atoms with Crippen molar-refractivity contribution >= 4 is 17.3 Å². The Morgan fingerprint density at radius 1 is 1.07 bits per heavy atom. The number of nitrogens with zero attached hydrogens (tertiary/aromatic N) is 2. The van der Waals surface area contributed by atoms with Gasteiger partial charge in [-0.2, -0.15) is 0 Å². The van der Waals surface area contributed by atoms with E-state index in [2.05, 4.69) is 20.6 Å². The lowest BCUT2D eigenvalue weighted by molar-refractivity contribution is -0.123. The fraction of sp³-hybridized carbons (Fsp3) is 0.261. The van der Waals surface area contributed by atoms with E-state index in [1.807, 2.05) is 54.6 Å². The Morgan fingerprint density at radius 2 is 1.90 bits per heavy atom. The fourth-order valence-electron chi connectivity index (χ4n) is 3.76. The zero-order valence-corrected chi connectivity index (χ0v) is 16.4. The third-order valence-electron chi connectivity index (χ3n) is 5.35. The van der Waals surface area contributed by atoms with E-state index in [1.54, 1.807) is 19.3 Å². The van der Waals surface area contributed by atoms with Crippen molar-refractivity contribution in [3.05, 3.63) is 72.6 Å². The molecule has 29 heavy (non-hydrogen) atoms. The molecule has 1 aromatic carbocycles. The van der Waals surface area contributed by atoms with Crippen molar-refractivity contribution in [1.29, 1.82) is 0 Å². The number of piperidine rings is 1. The van der Waals surface area contributed by atoms with Crippen molar-refractivity contribution < 1.29 is 9.53 Å². The molecule has 0 spiro atoms. The Kier molecular flexibility index (Phi) is 5.53. The molecule has 4 rings (SSSR count). The highest BCUT2D eigenvalue weighted by atomic mass is 16.5. The summed E-state index contributed by atoms with van der Waals surface area (Å²) in [7, 11) is 0. The van der Waals surface area contributed by atoms with Crippen LogP contribution < -0.4 is 15.4 Å². The average Bonchev–Trinajstić information content (AvgIpc) is 2.77. The summed E-state index contributed by atoms with van der Waals surface area (Å²) in [6.07, 6.45) is 5.18. The number of carbonyl (C=O) groups is 1. The van der Waals surface area contributed by atoms with E-state index in [4.69, 9.17) is 4.74 Å². The molecule has 1 aliphatic heterocycles. The number of nitrogens with one attached hydrogen (secondary N) is 2. The number of rotatable bonds is 6. The van der Waals surface area contributed by atoms with E-state index < -0.39 is 5.41 Å². The molecule has 0 saturated carbocycles. The summed E-state index contributed by atoms with van der Waals surface area (Å²) in [5.41, 5.74) is 1.16. The average molecular weight is 388 g/mol. The standard InChI is InChI=1S/C23H24N4O2/c1-17(28)23(12-5-13-24-16-23)20-6-4-15-26-22(20)29-19-10-8-18(9-11-19)27-21-7-2-3-14-25-21/h2-4,6-11,14-15,24H,5,12-13,16H2,1H3,(H,25,27)/t23-/m0/s1. The Balaban J connectivity index is 1.56. The molecule has 1 fully saturated rings. The van der Waals surface area contributed by atoms with Gasteiger partial charge in [-0.3, -0.25) is 4.79 Å². The number of benzene rings is 1. The molecule has 2 aromatic heterocycles. The first-order chi connectivity index (χ1) is 14.2. The van der Waals surface area contributed by atoms with E-state index in [-0.39, 0.29) is 5.78 Å². The maximum Gasteiger partial charge on any atom is 0.223 e. The Hall–Kier alpha value is -3.25. The SMILES string of the molecule is CC(=O)[C@]1(c2cccnc2Oc2ccc(Nc3ccccn3)cc2)CCCNC1. The van der Waals surface area contributed by atoms with Gasteiger partial charge in [-0.25, -0.2) is 9.97 Å². The van der Waals surface area contributed by atoms with Gasteiger partial charge in [0.1, 0.15) is 17.4 Å². The molecule has 3 aromatic rings. The molecule has 6 heteroatoms. The number of ketones is 1. The van der Waals surface area contributed by atoms with Crippen molar-refractivity contribution in [2.24, 2.45) is 0 Å². The van der Waals surface area contributed by atoms with Crippen LogP contribution in [0.15, 0.2) is 67.0 Å². The number of aromatic nitrogens is 2. The van der Waals surface area contributed by atoms with Crippen molar-refractivity contribution in [1.82, 2.24) is 15.3 Å². The van der Waals surface area contributed by atoms with Crippen molar-refractivity contribution in [3.63, 3.8) is 0 Å². The lowest BCUT2D eigenvalue weighted by Gasteiger charge is -2.36. The molecule has 6 nitrogen and oxygen atoms in total. The Bertz CT molecular complexity index is 968. The molecule has 0 radical (unpaired) electrons. The minimum absolute atomic E-state index is 0.137. The van der Waals surface area contributed by atoms with Gasteiger partial charge in [0.15, 0.2) is 0 Å². The molecule has 0 amide bonds. The molecule has 0 unspecified atom stereocenters. The quantitative estimate of drug-likeness (QED) is 0.658. The highest BCUT2D eigenvalue weighted by Crippen LogP contribution is 2.38. The van der Waals surface area contributed by atoms with Crippen LogP contribution in [0.25, 0.3) is 0 Å². The zero-order chi connectivity index (χ0) is 20.1. The van der Waals surface area contributed by atoms with Gasteiger partial charge in [0.05, 0.1) is 5.41 Å². The summed E-state index contributed by atoms with van der Waals surface area (Å²) in [6.45, 7) is 3.19. The molecule has 0 bridgehead atoms. The highest BCUT2D eigenvalue weighted by Gasteiger charge is 2.41. The summed E-state index contributed by atoms with van der Waals surface area (Å²) in [4.78, 5) is 21.3. The van der Waals surface area contributed by atoms with Crippen LogP contribution in [0.2, 0.25) is 0 Å². The molecule has 3 heterocycles. The molecule has 1 atom stereocenters. The second-order valence-electron chi connectivity index (χ2n) is 7.24. The van der Waals surface area contributed by atoms with E-state index in [0.29, 0.717) is 18.2 Å². The third-order valence-corrected chi connectivity index (χ3v) is 5.35. The minimum atomic E-state index is -0.595. The van der Waals surface area contributed by atoms with Gasteiger partial charge in [-0.15, -0.1) is 0 Å². The summed E-state index contributed by atoms with van der Waals surface area (Å²) in [6, 6.07) is 17.1. The van der Waals surface area contributed by atoms with Crippen LogP contribution in [0.5, 0.6) is 11.6 Å². The Morgan fingerprint density at radius 3 is 2.59 bits per heavy atom. The van der Waals surface area contributed by atoms with Crippen LogP contribution in [0, 0.1) is 0 Å². The van der Waals surface area contributed by atoms with Crippen LogP contribution in [0.4, 0.5) is 11.5 Å². The topological polar surface area (TPSA) is 76.1 Å². The van der Waals surface area contributed by atoms with Gasteiger partial charge >= 0.3 is 0 Å². The lowest BCUT2D eigenvalue weighted by atomic mass is 9.72. The van der Waals surface area contributed by atoms with Gasteiger partial charge in [-0.05, 0) is 68.8 Å². The lowest BCUT2D eigenvalue weighted by Crippen LogP contribution is -2.48. The molecule has 1 saturated heterocycles. The molecule has 148 valence electrons.